The highest BCUT2D eigenvalue weighted by Crippen LogP contribution is 2.35. The molecule has 0 saturated carbocycles. The van der Waals surface area contributed by atoms with Crippen molar-refractivity contribution >= 4 is 0 Å². The van der Waals surface area contributed by atoms with E-state index in [1.54, 1.807) is 0 Å². The predicted molar refractivity (Wildman–Crippen MR) is 111 cm³/mol. The van der Waals surface area contributed by atoms with Crippen LogP contribution in [0.1, 0.15) is 17.2 Å². The molecule has 4 nitrogen and oxygen atoms in total. The summed E-state index contributed by atoms with van der Waals surface area (Å²) in [6.07, 6.45) is -16.6. The second kappa shape index (κ2) is 10.9. The van der Waals surface area contributed by atoms with E-state index < -0.39 is 31.2 Å². The Balaban J connectivity index is 1.56. The Morgan fingerprint density at radius 2 is 1.21 bits per heavy atom. The number of benzene rings is 2. The van der Waals surface area contributed by atoms with Crippen LogP contribution in [0, 0.1) is 0 Å². The number of halogens is 6. The third-order valence-corrected chi connectivity index (χ3v) is 5.52. The zero-order chi connectivity index (χ0) is 24.1. The summed E-state index contributed by atoms with van der Waals surface area (Å²) in [7, 11) is 0. The fourth-order valence-electron chi connectivity index (χ4n) is 4.02. The number of nitrogens with zero attached hydrogens (tertiary/aromatic N) is 2. The molecule has 1 fully saturated rings. The van der Waals surface area contributed by atoms with E-state index in [2.05, 4.69) is 9.64 Å². The Labute approximate surface area is 188 Å². The Kier molecular flexibility index (Phi) is 8.38. The molecule has 0 aromatic heterocycles. The summed E-state index contributed by atoms with van der Waals surface area (Å²) in [5, 5.41) is 10.00. The van der Waals surface area contributed by atoms with Crippen molar-refractivity contribution in [2.24, 2.45) is 0 Å². The molecule has 0 bridgehead atoms. The van der Waals surface area contributed by atoms with Gasteiger partial charge < -0.3 is 9.84 Å². The lowest BCUT2D eigenvalue weighted by Crippen LogP contribution is -2.51. The summed E-state index contributed by atoms with van der Waals surface area (Å²) >= 11 is 0. The van der Waals surface area contributed by atoms with Gasteiger partial charge in [-0.05, 0) is 11.1 Å². The van der Waals surface area contributed by atoms with Crippen LogP contribution in [0.25, 0.3) is 0 Å². The highest BCUT2D eigenvalue weighted by molar-refractivity contribution is 5.31. The third-order valence-electron chi connectivity index (χ3n) is 5.52. The Morgan fingerprint density at radius 1 is 0.758 bits per heavy atom. The first kappa shape index (κ1) is 25.5. The second-order valence-electron chi connectivity index (χ2n) is 8.01. The van der Waals surface area contributed by atoms with Gasteiger partial charge in [0.25, 0.3) is 0 Å². The van der Waals surface area contributed by atoms with Gasteiger partial charge in [-0.3, -0.25) is 9.80 Å². The van der Waals surface area contributed by atoms with Crippen LogP contribution in [0.4, 0.5) is 26.3 Å². The Bertz CT molecular complexity index is 786. The molecule has 0 amide bonds. The number of β-amino-alcohol motifs (C(OH)–C–C–N with tert-alkyl or cyclic N) is 1. The van der Waals surface area contributed by atoms with E-state index in [1.165, 1.54) is 0 Å². The van der Waals surface area contributed by atoms with Crippen molar-refractivity contribution in [3.05, 3.63) is 71.8 Å². The number of hydrogen-bond donors (Lipinski definition) is 1. The summed E-state index contributed by atoms with van der Waals surface area (Å²) in [5.74, 6) is 0. The molecular weight excluding hydrogens is 450 g/mol. The minimum Gasteiger partial charge on any atom is -0.389 e. The topological polar surface area (TPSA) is 35.9 Å². The molecule has 1 aliphatic heterocycles. The highest BCUT2D eigenvalue weighted by atomic mass is 19.4. The van der Waals surface area contributed by atoms with Gasteiger partial charge in [-0.25, -0.2) is 0 Å². The van der Waals surface area contributed by atoms with Crippen LogP contribution >= 0.6 is 0 Å². The van der Waals surface area contributed by atoms with Gasteiger partial charge in [0.1, 0.15) is 0 Å². The minimum absolute atomic E-state index is 0.0159. The fourth-order valence-corrected chi connectivity index (χ4v) is 4.02. The quantitative estimate of drug-likeness (QED) is 0.578. The first-order valence-corrected chi connectivity index (χ1v) is 10.5. The number of piperazine rings is 1. The van der Waals surface area contributed by atoms with Crippen LogP contribution in [0.5, 0.6) is 0 Å². The maximum absolute atomic E-state index is 12.6. The average molecular weight is 476 g/mol. The molecule has 1 N–H and O–H groups in total. The number of hydrogen-bond acceptors (Lipinski definition) is 4. The van der Waals surface area contributed by atoms with E-state index in [0.29, 0.717) is 26.2 Å². The predicted octanol–water partition coefficient (Wildman–Crippen LogP) is 4.26. The second-order valence-corrected chi connectivity index (χ2v) is 8.01. The summed E-state index contributed by atoms with van der Waals surface area (Å²) < 4.78 is 79.5. The standard InChI is InChI=1S/C23H26F6N2O2/c24-22(25,26)21(23(27,28)29)33-16-19(32)15-30-11-13-31(14-12-30)20(17-7-3-1-4-8-17)18-9-5-2-6-10-18/h1-10,19-21,32H,11-16H2/t19-/m0/s1. The van der Waals surface area contributed by atoms with Crippen molar-refractivity contribution < 1.29 is 36.2 Å². The molecule has 33 heavy (non-hydrogen) atoms. The molecular formula is C23H26F6N2O2. The van der Waals surface area contributed by atoms with Gasteiger partial charge in [-0.2, -0.15) is 26.3 Å². The Hall–Kier alpha value is -2.14. The van der Waals surface area contributed by atoms with E-state index in [1.807, 2.05) is 65.6 Å². The lowest BCUT2D eigenvalue weighted by molar-refractivity contribution is -0.324. The van der Waals surface area contributed by atoms with Crippen molar-refractivity contribution in [3.63, 3.8) is 0 Å². The summed E-state index contributed by atoms with van der Waals surface area (Å²) in [6.45, 7) is 1.13. The van der Waals surface area contributed by atoms with Gasteiger partial charge in [-0.1, -0.05) is 60.7 Å². The average Bonchev–Trinajstić information content (AvgIpc) is 2.75. The molecule has 0 unspecified atom stereocenters. The van der Waals surface area contributed by atoms with E-state index in [9.17, 15) is 31.4 Å². The summed E-state index contributed by atoms with van der Waals surface area (Å²) in [4.78, 5) is 4.08. The van der Waals surface area contributed by atoms with Crippen LogP contribution in [-0.4, -0.2) is 78.8 Å². The first-order valence-electron chi connectivity index (χ1n) is 10.5. The lowest BCUT2D eigenvalue weighted by Gasteiger charge is -2.40. The van der Waals surface area contributed by atoms with Gasteiger partial charge in [0.15, 0.2) is 0 Å². The number of ether oxygens (including phenoxy) is 1. The number of rotatable bonds is 8. The minimum atomic E-state index is -5.59. The van der Waals surface area contributed by atoms with Crippen molar-refractivity contribution in [2.45, 2.75) is 30.6 Å². The molecule has 1 heterocycles. The van der Waals surface area contributed by atoms with Crippen molar-refractivity contribution in [1.82, 2.24) is 9.80 Å². The molecule has 3 rings (SSSR count). The van der Waals surface area contributed by atoms with Gasteiger partial charge in [0.05, 0.1) is 18.8 Å². The highest BCUT2D eigenvalue weighted by Gasteiger charge is 2.58. The van der Waals surface area contributed by atoms with Gasteiger partial charge in [-0.15, -0.1) is 0 Å². The first-order chi connectivity index (χ1) is 15.6. The molecule has 1 saturated heterocycles. The molecule has 182 valence electrons. The fraction of sp³-hybridized carbons (Fsp3) is 0.478. The monoisotopic (exact) mass is 476 g/mol. The van der Waals surface area contributed by atoms with E-state index in [4.69, 9.17) is 0 Å². The van der Waals surface area contributed by atoms with Crippen LogP contribution in [0.2, 0.25) is 0 Å². The summed E-state index contributed by atoms with van der Waals surface area (Å²) in [6, 6.07) is 19.9. The maximum atomic E-state index is 12.6. The molecule has 2 aromatic rings. The Morgan fingerprint density at radius 3 is 1.64 bits per heavy atom. The number of alkyl halides is 6. The van der Waals surface area contributed by atoms with Gasteiger partial charge in [0.2, 0.25) is 6.10 Å². The van der Waals surface area contributed by atoms with E-state index in [-0.39, 0.29) is 12.6 Å². The molecule has 0 spiro atoms. The van der Waals surface area contributed by atoms with Gasteiger partial charge in [0, 0.05) is 32.7 Å². The SMILES string of the molecule is O[C@H](COC(C(F)(F)F)C(F)(F)F)CN1CCN(C(c2ccccc2)c2ccccc2)CC1. The normalized spacial score (nSPS) is 17.6. The van der Waals surface area contributed by atoms with Crippen LogP contribution in [-0.2, 0) is 4.74 Å². The smallest absolute Gasteiger partial charge is 0.389 e. The number of aliphatic hydroxyl groups is 1. The largest absolute Gasteiger partial charge is 0.423 e. The van der Waals surface area contributed by atoms with Gasteiger partial charge >= 0.3 is 12.4 Å². The zero-order valence-electron chi connectivity index (χ0n) is 17.8. The molecule has 0 radical (unpaired) electrons. The molecule has 0 aliphatic carbocycles. The molecule has 10 heteroatoms. The van der Waals surface area contributed by atoms with Crippen LogP contribution in [0.3, 0.4) is 0 Å². The van der Waals surface area contributed by atoms with Crippen molar-refractivity contribution in [1.29, 1.82) is 0 Å². The molecule has 1 atom stereocenters. The zero-order valence-corrected chi connectivity index (χ0v) is 17.8. The van der Waals surface area contributed by atoms with Crippen molar-refractivity contribution in [3.8, 4) is 0 Å². The van der Waals surface area contributed by atoms with Crippen LogP contribution in [0.15, 0.2) is 60.7 Å². The maximum Gasteiger partial charge on any atom is 0.423 e. The van der Waals surface area contributed by atoms with Crippen molar-refractivity contribution in [2.75, 3.05) is 39.3 Å². The summed E-state index contributed by atoms with van der Waals surface area (Å²) in [5.41, 5.74) is 2.24. The molecule has 1 aliphatic rings. The molecule has 2 aromatic carbocycles. The third kappa shape index (κ3) is 7.17. The lowest BCUT2D eigenvalue weighted by atomic mass is 9.96. The number of aliphatic hydroxyl groups excluding tert-OH is 1. The van der Waals surface area contributed by atoms with Crippen LogP contribution < -0.4 is 0 Å². The van der Waals surface area contributed by atoms with E-state index in [0.717, 1.165) is 11.1 Å². The van der Waals surface area contributed by atoms with E-state index >= 15 is 0 Å².